The molecule has 104 valence electrons. The molecule has 0 heterocycles. The summed E-state index contributed by atoms with van der Waals surface area (Å²) in [5.74, 6) is -0.180. The Morgan fingerprint density at radius 3 is 2.05 bits per heavy atom. The van der Waals surface area contributed by atoms with E-state index < -0.39 is 0 Å². The Kier molecular flexibility index (Phi) is 6.49. The van der Waals surface area contributed by atoms with E-state index in [1.807, 2.05) is 40.7 Å². The zero-order valence-corrected chi connectivity index (χ0v) is 13.6. The molecule has 0 aliphatic heterocycles. The smallest absolute Gasteiger partial charge is 0.157 e. The fraction of sp³-hybridized carbons (Fsp3) is 0.500. The van der Waals surface area contributed by atoms with Crippen molar-refractivity contribution < 1.29 is 9.47 Å². The van der Waals surface area contributed by atoms with Crippen molar-refractivity contribution in [2.24, 2.45) is 0 Å². The highest BCUT2D eigenvalue weighted by Crippen LogP contribution is 2.10. The lowest BCUT2D eigenvalue weighted by Gasteiger charge is -2.23. The number of benzene rings is 1. The highest BCUT2D eigenvalue weighted by Gasteiger charge is 2.17. The molecule has 0 aliphatic carbocycles. The second-order valence-corrected chi connectivity index (χ2v) is 6.47. The van der Waals surface area contributed by atoms with Crippen molar-refractivity contribution in [2.45, 2.75) is 52.7 Å². The molecule has 0 unspecified atom stereocenters. The van der Waals surface area contributed by atoms with Gasteiger partial charge in [-0.1, -0.05) is 41.6 Å². The van der Waals surface area contributed by atoms with Crippen molar-refractivity contribution >= 4 is 20.3 Å². The van der Waals surface area contributed by atoms with Crippen LogP contribution in [0.1, 0.15) is 40.2 Å². The van der Waals surface area contributed by atoms with E-state index in [9.17, 15) is 0 Å². The summed E-state index contributed by atoms with van der Waals surface area (Å²) in [4.78, 5) is 0. The van der Waals surface area contributed by atoms with Gasteiger partial charge in [0.25, 0.3) is 0 Å². The minimum Gasteiger partial charge on any atom is -0.354 e. The van der Waals surface area contributed by atoms with Gasteiger partial charge in [-0.15, -0.1) is 0 Å². The molecule has 0 saturated heterocycles. The van der Waals surface area contributed by atoms with Gasteiger partial charge in [0.1, 0.15) is 5.91 Å². The van der Waals surface area contributed by atoms with Gasteiger partial charge in [-0.25, -0.2) is 0 Å². The normalized spacial score (nSPS) is 11.6. The van der Waals surface area contributed by atoms with Crippen LogP contribution in [0.25, 0.3) is 5.57 Å². The number of allylic oxidation sites excluding steroid dienone is 1. The van der Waals surface area contributed by atoms with Gasteiger partial charge in [-0.3, -0.25) is 0 Å². The first-order valence-electron chi connectivity index (χ1n) is 6.72. The molecule has 0 saturated carbocycles. The molecule has 19 heavy (non-hydrogen) atoms. The van der Waals surface area contributed by atoms with Gasteiger partial charge < -0.3 is 9.47 Å². The molecule has 0 amide bonds. The first-order chi connectivity index (χ1) is 8.90. The van der Waals surface area contributed by atoms with E-state index in [2.05, 4.69) is 24.8 Å². The van der Waals surface area contributed by atoms with Crippen LogP contribution in [0.4, 0.5) is 0 Å². The standard InChI is InChI=1S/C16H24O2Si/c1-11(2)14-9-7-8-10-15(14)19-16(17-12(3)4)18-13(5)6/h7-10,12-13,16H,1H2,2-6H3. The van der Waals surface area contributed by atoms with Gasteiger partial charge in [0.15, 0.2) is 9.52 Å². The molecule has 0 aromatic heterocycles. The molecule has 0 N–H and O–H groups in total. The third kappa shape index (κ3) is 5.72. The Bertz CT molecular complexity index is 403. The highest BCUT2D eigenvalue weighted by molar-refractivity contribution is 6.55. The molecule has 2 nitrogen and oxygen atoms in total. The molecule has 0 spiro atoms. The molecule has 1 rings (SSSR count). The van der Waals surface area contributed by atoms with E-state index in [-0.39, 0.29) is 18.1 Å². The zero-order chi connectivity index (χ0) is 14.4. The highest BCUT2D eigenvalue weighted by atomic mass is 28.2. The Hall–Kier alpha value is -0.903. The molecule has 2 radical (unpaired) electrons. The number of hydrogen-bond acceptors (Lipinski definition) is 2. The fourth-order valence-electron chi connectivity index (χ4n) is 1.70. The predicted molar refractivity (Wildman–Crippen MR) is 82.8 cm³/mol. The van der Waals surface area contributed by atoms with Gasteiger partial charge in [0.05, 0.1) is 12.2 Å². The van der Waals surface area contributed by atoms with Gasteiger partial charge in [0, 0.05) is 0 Å². The molecule has 0 aliphatic rings. The van der Waals surface area contributed by atoms with Crippen molar-refractivity contribution in [3.05, 3.63) is 36.4 Å². The van der Waals surface area contributed by atoms with E-state index >= 15 is 0 Å². The average molecular weight is 276 g/mol. The number of rotatable bonds is 7. The third-order valence-electron chi connectivity index (χ3n) is 2.45. The van der Waals surface area contributed by atoms with Gasteiger partial charge in [-0.05, 0) is 40.2 Å². The maximum Gasteiger partial charge on any atom is 0.157 e. The SMILES string of the molecule is C=C(C)c1ccccc1[Si]C(OC(C)C)OC(C)C. The zero-order valence-electron chi connectivity index (χ0n) is 12.6. The maximum atomic E-state index is 5.86. The first kappa shape index (κ1) is 16.2. The van der Waals surface area contributed by atoms with Crippen LogP contribution in [0.3, 0.4) is 0 Å². The summed E-state index contributed by atoms with van der Waals surface area (Å²) in [6, 6.07) is 8.32. The Morgan fingerprint density at radius 2 is 1.58 bits per heavy atom. The average Bonchev–Trinajstić information content (AvgIpc) is 2.27. The van der Waals surface area contributed by atoms with E-state index in [4.69, 9.17) is 9.47 Å². The van der Waals surface area contributed by atoms with E-state index in [0.29, 0.717) is 9.52 Å². The topological polar surface area (TPSA) is 18.5 Å². The second-order valence-electron chi connectivity index (χ2n) is 5.17. The molecule has 0 fully saturated rings. The van der Waals surface area contributed by atoms with Gasteiger partial charge in [0.2, 0.25) is 0 Å². The summed E-state index contributed by atoms with van der Waals surface area (Å²) >= 11 is 0. The minimum atomic E-state index is -0.180. The molecular weight excluding hydrogens is 252 g/mol. The largest absolute Gasteiger partial charge is 0.354 e. The molecular formula is C16H24O2Si. The quantitative estimate of drug-likeness (QED) is 0.562. The summed E-state index contributed by atoms with van der Waals surface area (Å²) in [6.07, 6.45) is 0.321. The lowest BCUT2D eigenvalue weighted by atomic mass is 10.1. The van der Waals surface area contributed by atoms with Crippen LogP contribution in [0.15, 0.2) is 30.8 Å². The van der Waals surface area contributed by atoms with Gasteiger partial charge in [-0.2, -0.15) is 0 Å². The Labute approximate surface area is 119 Å². The summed E-state index contributed by atoms with van der Waals surface area (Å²) < 4.78 is 11.7. The predicted octanol–water partition coefficient (Wildman–Crippen LogP) is 3.18. The maximum absolute atomic E-state index is 5.86. The third-order valence-corrected chi connectivity index (χ3v) is 3.71. The molecule has 1 aromatic carbocycles. The summed E-state index contributed by atoms with van der Waals surface area (Å²) in [5, 5.41) is 1.25. The van der Waals surface area contributed by atoms with E-state index in [1.54, 1.807) is 0 Å². The molecule has 0 bridgehead atoms. The Balaban J connectivity index is 2.86. The second kappa shape index (κ2) is 7.63. The van der Waals surface area contributed by atoms with Crippen molar-refractivity contribution in [1.82, 2.24) is 0 Å². The van der Waals surface area contributed by atoms with Crippen LogP contribution < -0.4 is 5.19 Å². The fourth-order valence-corrected chi connectivity index (χ4v) is 3.28. The van der Waals surface area contributed by atoms with Crippen molar-refractivity contribution in [1.29, 1.82) is 0 Å². The molecule has 0 atom stereocenters. The summed E-state index contributed by atoms with van der Waals surface area (Å²) in [6.45, 7) is 14.2. The monoisotopic (exact) mass is 276 g/mol. The van der Waals surface area contributed by atoms with Crippen molar-refractivity contribution in [2.75, 3.05) is 0 Å². The first-order valence-corrected chi connectivity index (χ1v) is 7.80. The van der Waals surface area contributed by atoms with E-state index in [1.165, 1.54) is 10.8 Å². The van der Waals surface area contributed by atoms with Crippen LogP contribution in [0.5, 0.6) is 0 Å². The van der Waals surface area contributed by atoms with Crippen LogP contribution in [0, 0.1) is 0 Å². The lowest BCUT2D eigenvalue weighted by Crippen LogP contribution is -2.37. The number of hydrogen-bond donors (Lipinski definition) is 0. The summed E-state index contributed by atoms with van der Waals surface area (Å²) in [7, 11) is 0.468. The van der Waals surface area contributed by atoms with E-state index in [0.717, 1.165) is 5.57 Å². The van der Waals surface area contributed by atoms with Gasteiger partial charge >= 0.3 is 0 Å². The molecule has 1 aromatic rings. The summed E-state index contributed by atoms with van der Waals surface area (Å²) in [5.41, 5.74) is 2.28. The number of ether oxygens (including phenoxy) is 2. The van der Waals surface area contributed by atoms with Crippen molar-refractivity contribution in [3.63, 3.8) is 0 Å². The molecule has 3 heteroatoms. The lowest BCUT2D eigenvalue weighted by molar-refractivity contribution is -0.133. The van der Waals surface area contributed by atoms with Crippen molar-refractivity contribution in [3.8, 4) is 0 Å². The minimum absolute atomic E-state index is 0.160. The Morgan fingerprint density at radius 1 is 1.05 bits per heavy atom. The van der Waals surface area contributed by atoms with Crippen LogP contribution >= 0.6 is 0 Å². The van der Waals surface area contributed by atoms with Crippen LogP contribution in [0.2, 0.25) is 0 Å². The van der Waals surface area contributed by atoms with Crippen LogP contribution in [-0.2, 0) is 9.47 Å². The van der Waals surface area contributed by atoms with Crippen LogP contribution in [-0.4, -0.2) is 27.6 Å².